The highest BCUT2D eigenvalue weighted by Crippen LogP contribution is 2.28. The molecule has 0 aromatic carbocycles. The first-order valence-electron chi connectivity index (χ1n) is 6.16. The monoisotopic (exact) mass is 262 g/mol. The SMILES string of the molecule is CCCNC(c1cnccc1C)c1snnc1C. The molecule has 0 saturated heterocycles. The Balaban J connectivity index is 2.37. The van der Waals surface area contributed by atoms with Crippen LogP contribution in [0.5, 0.6) is 0 Å². The molecule has 0 fully saturated rings. The van der Waals surface area contributed by atoms with E-state index in [1.165, 1.54) is 27.5 Å². The Morgan fingerprint density at radius 3 is 2.83 bits per heavy atom. The van der Waals surface area contributed by atoms with Crippen molar-refractivity contribution in [1.29, 1.82) is 0 Å². The van der Waals surface area contributed by atoms with Gasteiger partial charge in [-0.25, -0.2) is 0 Å². The zero-order valence-electron chi connectivity index (χ0n) is 11.0. The maximum Gasteiger partial charge on any atom is 0.0776 e. The number of pyridine rings is 1. The van der Waals surface area contributed by atoms with Crippen molar-refractivity contribution in [3.63, 3.8) is 0 Å². The third-order valence-corrected chi connectivity index (χ3v) is 3.83. The van der Waals surface area contributed by atoms with Gasteiger partial charge in [-0.05, 0) is 55.5 Å². The molecule has 0 bridgehead atoms. The summed E-state index contributed by atoms with van der Waals surface area (Å²) in [5.41, 5.74) is 3.45. The van der Waals surface area contributed by atoms with E-state index in [-0.39, 0.29) is 6.04 Å². The van der Waals surface area contributed by atoms with Gasteiger partial charge in [0.05, 0.1) is 16.6 Å². The Hall–Kier alpha value is -1.33. The predicted octanol–water partition coefficient (Wildman–Crippen LogP) is 2.64. The summed E-state index contributed by atoms with van der Waals surface area (Å²) in [4.78, 5) is 5.42. The summed E-state index contributed by atoms with van der Waals surface area (Å²) in [5, 5.41) is 7.67. The minimum Gasteiger partial charge on any atom is -0.305 e. The first kappa shape index (κ1) is 13.1. The third-order valence-electron chi connectivity index (χ3n) is 2.94. The van der Waals surface area contributed by atoms with Crippen LogP contribution >= 0.6 is 11.5 Å². The second-order valence-electron chi connectivity index (χ2n) is 4.34. The lowest BCUT2D eigenvalue weighted by molar-refractivity contribution is 0.598. The summed E-state index contributed by atoms with van der Waals surface area (Å²) < 4.78 is 4.04. The number of hydrogen-bond acceptors (Lipinski definition) is 5. The summed E-state index contributed by atoms with van der Waals surface area (Å²) in [6.45, 7) is 7.25. The number of rotatable bonds is 5. The molecule has 0 aliphatic rings. The van der Waals surface area contributed by atoms with Gasteiger partial charge in [0.1, 0.15) is 0 Å². The Labute approximate surface area is 112 Å². The minimum atomic E-state index is 0.152. The van der Waals surface area contributed by atoms with Crippen molar-refractivity contribution in [2.75, 3.05) is 6.54 Å². The summed E-state index contributed by atoms with van der Waals surface area (Å²) in [6, 6.07) is 2.19. The molecular weight excluding hydrogens is 244 g/mol. The summed E-state index contributed by atoms with van der Waals surface area (Å²) in [5.74, 6) is 0. The first-order valence-corrected chi connectivity index (χ1v) is 6.94. The maximum atomic E-state index is 4.24. The molecule has 5 heteroatoms. The summed E-state index contributed by atoms with van der Waals surface area (Å²) in [7, 11) is 0. The van der Waals surface area contributed by atoms with E-state index in [0.717, 1.165) is 18.7 Å². The van der Waals surface area contributed by atoms with Crippen molar-refractivity contribution in [3.8, 4) is 0 Å². The fourth-order valence-corrected chi connectivity index (χ4v) is 2.65. The molecule has 2 rings (SSSR count). The van der Waals surface area contributed by atoms with Gasteiger partial charge in [-0.2, -0.15) is 0 Å². The third kappa shape index (κ3) is 2.73. The minimum absolute atomic E-state index is 0.152. The van der Waals surface area contributed by atoms with E-state index in [1.54, 1.807) is 0 Å². The molecule has 2 aromatic heterocycles. The zero-order chi connectivity index (χ0) is 13.0. The fourth-order valence-electron chi connectivity index (χ4n) is 1.91. The highest BCUT2D eigenvalue weighted by Gasteiger charge is 2.20. The largest absolute Gasteiger partial charge is 0.305 e. The van der Waals surface area contributed by atoms with Crippen LogP contribution in [0.15, 0.2) is 18.5 Å². The van der Waals surface area contributed by atoms with E-state index >= 15 is 0 Å². The van der Waals surface area contributed by atoms with Gasteiger partial charge < -0.3 is 5.32 Å². The summed E-state index contributed by atoms with van der Waals surface area (Å²) in [6.07, 6.45) is 4.86. The number of nitrogens with zero attached hydrogens (tertiary/aromatic N) is 3. The van der Waals surface area contributed by atoms with Gasteiger partial charge in [0.2, 0.25) is 0 Å². The van der Waals surface area contributed by atoms with E-state index in [0.29, 0.717) is 0 Å². The van der Waals surface area contributed by atoms with Crippen molar-refractivity contribution in [1.82, 2.24) is 19.9 Å². The molecule has 1 N–H and O–H groups in total. The number of hydrogen-bond donors (Lipinski definition) is 1. The van der Waals surface area contributed by atoms with Crippen LogP contribution in [-0.2, 0) is 0 Å². The Morgan fingerprint density at radius 2 is 2.22 bits per heavy atom. The van der Waals surface area contributed by atoms with Crippen LogP contribution in [0.1, 0.15) is 41.1 Å². The van der Waals surface area contributed by atoms with Crippen molar-refractivity contribution < 1.29 is 0 Å². The lowest BCUT2D eigenvalue weighted by atomic mass is 10.0. The smallest absolute Gasteiger partial charge is 0.0776 e. The van der Waals surface area contributed by atoms with Gasteiger partial charge >= 0.3 is 0 Å². The molecular formula is C13H18N4S. The standard InChI is InChI=1S/C13H18N4S/c1-4-6-15-12(13-10(3)16-17-18-13)11-8-14-7-5-9(11)2/h5,7-8,12,15H,4,6H2,1-3H3. The number of nitrogens with one attached hydrogen (secondary N) is 1. The van der Waals surface area contributed by atoms with Crippen molar-refractivity contribution in [2.45, 2.75) is 33.2 Å². The molecule has 2 aromatic rings. The molecule has 0 aliphatic heterocycles. The van der Waals surface area contributed by atoms with Crippen LogP contribution in [0.3, 0.4) is 0 Å². The van der Waals surface area contributed by atoms with Crippen molar-refractivity contribution in [3.05, 3.63) is 40.2 Å². The molecule has 1 unspecified atom stereocenters. The number of aryl methyl sites for hydroxylation is 2. The Morgan fingerprint density at radius 1 is 1.39 bits per heavy atom. The highest BCUT2D eigenvalue weighted by molar-refractivity contribution is 7.05. The molecule has 0 radical (unpaired) electrons. The molecule has 4 nitrogen and oxygen atoms in total. The highest BCUT2D eigenvalue weighted by atomic mass is 32.1. The van der Waals surface area contributed by atoms with Gasteiger partial charge in [0, 0.05) is 12.4 Å². The quantitative estimate of drug-likeness (QED) is 0.900. The van der Waals surface area contributed by atoms with E-state index in [4.69, 9.17) is 0 Å². The molecule has 18 heavy (non-hydrogen) atoms. The van der Waals surface area contributed by atoms with Gasteiger partial charge in [0.25, 0.3) is 0 Å². The van der Waals surface area contributed by atoms with Gasteiger partial charge in [-0.15, -0.1) is 5.10 Å². The van der Waals surface area contributed by atoms with Gasteiger partial charge in [-0.1, -0.05) is 11.4 Å². The Bertz CT molecular complexity index is 509. The second kappa shape index (κ2) is 6.02. The van der Waals surface area contributed by atoms with E-state index in [2.05, 4.69) is 33.7 Å². The molecule has 0 spiro atoms. The fraction of sp³-hybridized carbons (Fsp3) is 0.462. The van der Waals surface area contributed by atoms with Gasteiger partial charge in [0.15, 0.2) is 0 Å². The molecule has 0 aliphatic carbocycles. The van der Waals surface area contributed by atoms with Crippen LogP contribution in [0, 0.1) is 13.8 Å². The number of aromatic nitrogens is 3. The van der Waals surface area contributed by atoms with E-state index in [1.807, 2.05) is 25.4 Å². The molecule has 96 valence electrons. The molecule has 1 atom stereocenters. The summed E-state index contributed by atoms with van der Waals surface area (Å²) >= 11 is 1.46. The lowest BCUT2D eigenvalue weighted by Gasteiger charge is -2.19. The van der Waals surface area contributed by atoms with Crippen LogP contribution in [0.2, 0.25) is 0 Å². The van der Waals surface area contributed by atoms with E-state index in [9.17, 15) is 0 Å². The Kier molecular flexibility index (Phi) is 4.38. The van der Waals surface area contributed by atoms with Crippen LogP contribution in [0.4, 0.5) is 0 Å². The second-order valence-corrected chi connectivity index (χ2v) is 5.13. The van der Waals surface area contributed by atoms with Crippen molar-refractivity contribution in [2.24, 2.45) is 0 Å². The van der Waals surface area contributed by atoms with Crippen molar-refractivity contribution >= 4 is 11.5 Å². The van der Waals surface area contributed by atoms with Crippen LogP contribution in [0.25, 0.3) is 0 Å². The van der Waals surface area contributed by atoms with Crippen LogP contribution in [-0.4, -0.2) is 21.1 Å². The zero-order valence-corrected chi connectivity index (χ0v) is 11.8. The van der Waals surface area contributed by atoms with E-state index < -0.39 is 0 Å². The topological polar surface area (TPSA) is 50.7 Å². The normalized spacial score (nSPS) is 12.6. The average Bonchev–Trinajstić information content (AvgIpc) is 2.78. The predicted molar refractivity (Wildman–Crippen MR) is 73.8 cm³/mol. The van der Waals surface area contributed by atoms with Crippen LogP contribution < -0.4 is 5.32 Å². The molecule has 0 amide bonds. The lowest BCUT2D eigenvalue weighted by Crippen LogP contribution is -2.24. The first-order chi connectivity index (χ1) is 8.74. The molecule has 0 saturated carbocycles. The molecule has 2 heterocycles. The average molecular weight is 262 g/mol. The maximum absolute atomic E-state index is 4.24. The van der Waals surface area contributed by atoms with Gasteiger partial charge in [-0.3, -0.25) is 4.98 Å².